The Labute approximate surface area is 163 Å². The van der Waals surface area contributed by atoms with Crippen LogP contribution >= 0.6 is 0 Å². The van der Waals surface area contributed by atoms with Crippen molar-refractivity contribution in [2.75, 3.05) is 0 Å². The Bertz CT molecular complexity index is 1040. The number of ether oxygens (including phenoxy) is 1. The van der Waals surface area contributed by atoms with Crippen LogP contribution in [0.3, 0.4) is 0 Å². The van der Waals surface area contributed by atoms with Crippen molar-refractivity contribution in [3.8, 4) is 11.5 Å². The average molecular weight is 377 g/mol. The van der Waals surface area contributed by atoms with Gasteiger partial charge in [0.05, 0.1) is 0 Å². The van der Waals surface area contributed by atoms with Crippen LogP contribution < -0.4 is 0 Å². The van der Waals surface area contributed by atoms with Crippen molar-refractivity contribution < 1.29 is 13.9 Å². The Morgan fingerprint density at radius 3 is 2.82 bits per heavy atom. The van der Waals surface area contributed by atoms with Gasteiger partial charge in [-0.3, -0.25) is 0 Å². The van der Waals surface area contributed by atoms with Crippen LogP contribution in [0, 0.1) is 20.8 Å². The monoisotopic (exact) mass is 377 g/mol. The van der Waals surface area contributed by atoms with Gasteiger partial charge in [-0.15, -0.1) is 10.2 Å². The molecule has 2 heterocycles. The van der Waals surface area contributed by atoms with Crippen molar-refractivity contribution in [1.29, 1.82) is 0 Å². The first kappa shape index (κ1) is 18.2. The average Bonchev–Trinajstić information content (AvgIpc) is 3.31. The third-order valence-corrected chi connectivity index (χ3v) is 4.90. The molecule has 0 amide bonds. The molecule has 0 N–H and O–H groups in total. The maximum atomic E-state index is 12.1. The molecular formula is C22H23N3O3. The van der Waals surface area contributed by atoms with Gasteiger partial charge < -0.3 is 13.7 Å². The van der Waals surface area contributed by atoms with Crippen LogP contribution in [-0.4, -0.2) is 20.7 Å². The van der Waals surface area contributed by atoms with E-state index in [1.807, 2.05) is 31.2 Å². The highest BCUT2D eigenvalue weighted by Crippen LogP contribution is 2.38. The van der Waals surface area contributed by atoms with E-state index in [0.717, 1.165) is 16.7 Å². The summed E-state index contributed by atoms with van der Waals surface area (Å²) in [4.78, 5) is 12.1. The normalized spacial score (nSPS) is 14.0. The summed E-state index contributed by atoms with van der Waals surface area (Å²) in [5, 5.41) is 7.96. The fourth-order valence-electron chi connectivity index (χ4n) is 3.41. The molecule has 2 aromatic heterocycles. The number of aromatic nitrogens is 3. The van der Waals surface area contributed by atoms with E-state index in [2.05, 4.69) is 34.7 Å². The summed E-state index contributed by atoms with van der Waals surface area (Å²) in [6.07, 6.45) is 5.71. The highest BCUT2D eigenvalue weighted by atomic mass is 16.5. The molecule has 1 fully saturated rings. The molecule has 1 aliphatic rings. The summed E-state index contributed by atoms with van der Waals surface area (Å²) in [6.45, 7) is 6.13. The lowest BCUT2D eigenvalue weighted by Crippen LogP contribution is -2.01. The maximum Gasteiger partial charge on any atom is 0.331 e. The number of aryl methyl sites for hydroxylation is 2. The zero-order chi connectivity index (χ0) is 19.7. The minimum atomic E-state index is -0.438. The van der Waals surface area contributed by atoms with Crippen LogP contribution in [0.2, 0.25) is 0 Å². The summed E-state index contributed by atoms with van der Waals surface area (Å²) in [5.41, 5.74) is 5.40. The molecule has 3 aromatic rings. The van der Waals surface area contributed by atoms with Gasteiger partial charge in [0.15, 0.2) is 6.61 Å². The smallest absolute Gasteiger partial charge is 0.331 e. The number of carbonyl (C=O) groups is 1. The molecule has 0 atom stereocenters. The van der Waals surface area contributed by atoms with E-state index in [9.17, 15) is 4.79 Å². The fraction of sp³-hybridized carbons (Fsp3) is 0.318. The van der Waals surface area contributed by atoms with Gasteiger partial charge in [-0.25, -0.2) is 4.79 Å². The van der Waals surface area contributed by atoms with Gasteiger partial charge in [0.25, 0.3) is 5.89 Å². The Morgan fingerprint density at radius 1 is 1.25 bits per heavy atom. The van der Waals surface area contributed by atoms with E-state index in [0.29, 0.717) is 11.9 Å². The Balaban J connectivity index is 1.36. The summed E-state index contributed by atoms with van der Waals surface area (Å²) >= 11 is 0. The van der Waals surface area contributed by atoms with Gasteiger partial charge in [-0.2, -0.15) is 0 Å². The molecule has 0 bridgehead atoms. The first-order valence-corrected chi connectivity index (χ1v) is 9.44. The summed E-state index contributed by atoms with van der Waals surface area (Å²) in [6, 6.07) is 10.5. The molecule has 0 unspecified atom stereocenters. The molecule has 1 aliphatic carbocycles. The van der Waals surface area contributed by atoms with Gasteiger partial charge in [0.1, 0.15) is 0 Å². The lowest BCUT2D eigenvalue weighted by atomic mass is 10.1. The molecule has 1 saturated carbocycles. The van der Waals surface area contributed by atoms with Crippen molar-refractivity contribution in [1.82, 2.24) is 14.8 Å². The van der Waals surface area contributed by atoms with E-state index >= 15 is 0 Å². The zero-order valence-electron chi connectivity index (χ0n) is 16.3. The summed E-state index contributed by atoms with van der Waals surface area (Å²) in [7, 11) is 0. The molecule has 4 rings (SSSR count). The number of esters is 1. The van der Waals surface area contributed by atoms with Crippen LogP contribution in [0.1, 0.15) is 47.3 Å². The molecule has 144 valence electrons. The first-order chi connectivity index (χ1) is 13.5. The Kier molecular flexibility index (Phi) is 4.86. The van der Waals surface area contributed by atoms with E-state index in [1.54, 1.807) is 6.08 Å². The Hall–Kier alpha value is -3.15. The van der Waals surface area contributed by atoms with Crippen molar-refractivity contribution >= 4 is 12.0 Å². The predicted octanol–water partition coefficient (Wildman–Crippen LogP) is 4.55. The second kappa shape index (κ2) is 7.46. The number of rotatable bonds is 6. The summed E-state index contributed by atoms with van der Waals surface area (Å²) < 4.78 is 13.2. The van der Waals surface area contributed by atoms with Crippen molar-refractivity contribution in [2.24, 2.45) is 0 Å². The number of nitrogens with zero attached hydrogens (tertiary/aromatic N) is 3. The number of benzene rings is 1. The quantitative estimate of drug-likeness (QED) is 0.465. The molecule has 1 aromatic carbocycles. The van der Waals surface area contributed by atoms with Crippen molar-refractivity contribution in [3.05, 3.63) is 64.8 Å². The molecule has 0 saturated heterocycles. The first-order valence-electron chi connectivity index (χ1n) is 9.44. The highest BCUT2D eigenvalue weighted by molar-refractivity contribution is 5.87. The molecule has 0 spiro atoms. The highest BCUT2D eigenvalue weighted by Gasteiger charge is 2.26. The lowest BCUT2D eigenvalue weighted by Gasteiger charge is -2.06. The second-order valence-electron chi connectivity index (χ2n) is 7.24. The fourth-order valence-corrected chi connectivity index (χ4v) is 3.41. The molecular weight excluding hydrogens is 354 g/mol. The SMILES string of the molecule is Cc1cccc(-c2nnc(COC(=O)/C=C/c3cc(C)n(C4CC4)c3C)o2)c1. The van der Waals surface area contributed by atoms with Gasteiger partial charge in [-0.1, -0.05) is 17.7 Å². The van der Waals surface area contributed by atoms with E-state index < -0.39 is 5.97 Å². The standard InChI is InChI=1S/C22H23N3O3/c1-14-5-4-6-18(11-14)22-24-23-20(28-22)13-27-21(26)10-7-17-12-15(2)25(16(17)3)19-8-9-19/h4-7,10-12,19H,8-9,13H2,1-3H3/b10-7+. The molecule has 6 heteroatoms. The minimum Gasteiger partial charge on any atom is -0.452 e. The number of carbonyl (C=O) groups excluding carboxylic acids is 1. The van der Waals surface area contributed by atoms with Crippen LogP contribution in [0.15, 0.2) is 40.8 Å². The van der Waals surface area contributed by atoms with Gasteiger partial charge in [0.2, 0.25) is 5.89 Å². The minimum absolute atomic E-state index is 0.0525. The van der Waals surface area contributed by atoms with Gasteiger partial charge >= 0.3 is 5.97 Å². The maximum absolute atomic E-state index is 12.1. The van der Waals surface area contributed by atoms with Crippen molar-refractivity contribution in [3.63, 3.8) is 0 Å². The van der Waals surface area contributed by atoms with Crippen LogP contribution in [0.4, 0.5) is 0 Å². The van der Waals surface area contributed by atoms with E-state index in [1.165, 1.54) is 30.3 Å². The zero-order valence-corrected chi connectivity index (χ0v) is 16.3. The van der Waals surface area contributed by atoms with Crippen LogP contribution in [0.5, 0.6) is 0 Å². The number of hydrogen-bond donors (Lipinski definition) is 0. The molecule has 0 radical (unpaired) electrons. The molecule has 0 aliphatic heterocycles. The van der Waals surface area contributed by atoms with Crippen molar-refractivity contribution in [2.45, 2.75) is 46.3 Å². The molecule has 28 heavy (non-hydrogen) atoms. The van der Waals surface area contributed by atoms with E-state index in [4.69, 9.17) is 9.15 Å². The second-order valence-corrected chi connectivity index (χ2v) is 7.24. The molecule has 6 nitrogen and oxygen atoms in total. The third-order valence-electron chi connectivity index (χ3n) is 4.90. The third kappa shape index (κ3) is 3.91. The van der Waals surface area contributed by atoms with Crippen LogP contribution in [-0.2, 0) is 16.1 Å². The number of hydrogen-bond acceptors (Lipinski definition) is 5. The Morgan fingerprint density at radius 2 is 2.07 bits per heavy atom. The summed E-state index contributed by atoms with van der Waals surface area (Å²) in [5.74, 6) is 0.245. The van der Waals surface area contributed by atoms with E-state index in [-0.39, 0.29) is 12.5 Å². The largest absolute Gasteiger partial charge is 0.452 e. The van der Waals surface area contributed by atoms with Gasteiger partial charge in [0, 0.05) is 29.1 Å². The topological polar surface area (TPSA) is 70.2 Å². The van der Waals surface area contributed by atoms with Gasteiger partial charge in [-0.05, 0) is 63.5 Å². The predicted molar refractivity (Wildman–Crippen MR) is 105 cm³/mol. The van der Waals surface area contributed by atoms with Crippen LogP contribution in [0.25, 0.3) is 17.5 Å². The lowest BCUT2D eigenvalue weighted by molar-refractivity contribution is -0.139.